The number of hydrogen-bond acceptors (Lipinski definition) is 2. The lowest BCUT2D eigenvalue weighted by Crippen LogP contribution is -2.52. The summed E-state index contributed by atoms with van der Waals surface area (Å²) in [6.45, 7) is 9.91. The maximum Gasteiger partial charge on any atom is 0.223 e. The summed E-state index contributed by atoms with van der Waals surface area (Å²) in [7, 11) is 0. The first kappa shape index (κ1) is 15.8. The van der Waals surface area contributed by atoms with E-state index in [4.69, 9.17) is 4.74 Å². The molecule has 1 fully saturated rings. The fourth-order valence-corrected chi connectivity index (χ4v) is 2.92. The molecule has 1 aromatic rings. The van der Waals surface area contributed by atoms with Crippen molar-refractivity contribution < 1.29 is 9.53 Å². The topological polar surface area (TPSA) is 29.5 Å². The highest BCUT2D eigenvalue weighted by Gasteiger charge is 2.37. The first-order chi connectivity index (χ1) is 10.1. The van der Waals surface area contributed by atoms with E-state index in [0.717, 1.165) is 5.56 Å². The predicted octanol–water partition coefficient (Wildman–Crippen LogP) is 3.26. The van der Waals surface area contributed by atoms with Crippen LogP contribution in [0.5, 0.6) is 0 Å². The van der Waals surface area contributed by atoms with E-state index in [1.165, 1.54) is 0 Å². The summed E-state index contributed by atoms with van der Waals surface area (Å²) in [6, 6.07) is 10.3. The zero-order chi connectivity index (χ0) is 15.2. The summed E-state index contributed by atoms with van der Waals surface area (Å²) in [5.74, 6) is 1.07. The van der Waals surface area contributed by atoms with Crippen LogP contribution in [0.3, 0.4) is 0 Å². The number of likely N-dealkylation sites (tertiary alicyclic amines) is 1. The van der Waals surface area contributed by atoms with Gasteiger partial charge in [-0.1, -0.05) is 50.3 Å². The van der Waals surface area contributed by atoms with Gasteiger partial charge in [-0.05, 0) is 17.4 Å². The minimum absolute atomic E-state index is 0.142. The number of piperidine rings is 1. The maximum absolute atomic E-state index is 12.2. The summed E-state index contributed by atoms with van der Waals surface area (Å²) in [4.78, 5) is 14.1. The number of rotatable bonds is 6. The van der Waals surface area contributed by atoms with Gasteiger partial charge in [0.15, 0.2) is 0 Å². The molecule has 3 heteroatoms. The molecule has 21 heavy (non-hydrogen) atoms. The zero-order valence-electron chi connectivity index (χ0n) is 13.0. The Morgan fingerprint density at radius 3 is 2.71 bits per heavy atom. The number of amides is 1. The normalized spacial score (nSPS) is 25.9. The second kappa shape index (κ2) is 7.41. The second-order valence-electron chi connectivity index (χ2n) is 5.94. The Kier molecular flexibility index (Phi) is 5.57. The first-order valence-electron chi connectivity index (χ1n) is 7.65. The molecule has 3 unspecified atom stereocenters. The lowest BCUT2D eigenvalue weighted by atomic mass is 9.82. The second-order valence-corrected chi connectivity index (χ2v) is 5.94. The lowest BCUT2D eigenvalue weighted by molar-refractivity contribution is -0.143. The van der Waals surface area contributed by atoms with E-state index >= 15 is 0 Å². The van der Waals surface area contributed by atoms with Crippen molar-refractivity contribution in [2.45, 2.75) is 32.9 Å². The van der Waals surface area contributed by atoms with Crippen LogP contribution in [-0.2, 0) is 16.1 Å². The molecule has 0 bridgehead atoms. The molecular formula is C18H25NO2. The van der Waals surface area contributed by atoms with Crippen LogP contribution in [0, 0.1) is 11.8 Å². The third-order valence-electron chi connectivity index (χ3n) is 4.45. The molecule has 1 heterocycles. The minimum Gasteiger partial charge on any atom is -0.375 e. The molecule has 1 amide bonds. The molecular weight excluding hydrogens is 262 g/mol. The van der Waals surface area contributed by atoms with E-state index in [0.29, 0.717) is 38.0 Å². The van der Waals surface area contributed by atoms with Gasteiger partial charge in [-0.3, -0.25) is 4.79 Å². The number of hydrogen-bond donors (Lipinski definition) is 0. The molecule has 0 radical (unpaired) electrons. The molecule has 0 spiro atoms. The first-order valence-corrected chi connectivity index (χ1v) is 7.65. The van der Waals surface area contributed by atoms with Crippen molar-refractivity contribution in [1.82, 2.24) is 4.90 Å². The minimum atomic E-state index is 0.142. The third-order valence-corrected chi connectivity index (χ3v) is 4.45. The SMILES string of the molecule is C=CCN1C(=O)CC(C)C(C)C1COCc1ccccc1. The van der Waals surface area contributed by atoms with Crippen molar-refractivity contribution in [2.75, 3.05) is 13.2 Å². The van der Waals surface area contributed by atoms with Gasteiger partial charge in [-0.2, -0.15) is 0 Å². The number of carbonyl (C=O) groups is 1. The Morgan fingerprint density at radius 1 is 1.33 bits per heavy atom. The van der Waals surface area contributed by atoms with E-state index < -0.39 is 0 Å². The van der Waals surface area contributed by atoms with E-state index in [1.54, 1.807) is 6.08 Å². The van der Waals surface area contributed by atoms with Crippen molar-refractivity contribution >= 4 is 5.91 Å². The molecule has 2 rings (SSSR count). The van der Waals surface area contributed by atoms with Crippen molar-refractivity contribution in [2.24, 2.45) is 11.8 Å². The molecule has 1 saturated heterocycles. The van der Waals surface area contributed by atoms with Crippen molar-refractivity contribution in [1.29, 1.82) is 0 Å². The molecule has 0 aliphatic carbocycles. The summed E-state index contributed by atoms with van der Waals surface area (Å²) >= 11 is 0. The Bertz CT molecular complexity index is 471. The van der Waals surface area contributed by atoms with E-state index in [1.807, 2.05) is 23.1 Å². The average Bonchev–Trinajstić information content (AvgIpc) is 2.49. The fourth-order valence-electron chi connectivity index (χ4n) is 2.92. The van der Waals surface area contributed by atoms with Crippen LogP contribution >= 0.6 is 0 Å². The maximum atomic E-state index is 12.2. The Hall–Kier alpha value is -1.61. The molecule has 1 aromatic carbocycles. The largest absolute Gasteiger partial charge is 0.375 e. The van der Waals surface area contributed by atoms with Gasteiger partial charge in [0.2, 0.25) is 5.91 Å². The Labute approximate surface area is 127 Å². The molecule has 114 valence electrons. The van der Waals surface area contributed by atoms with Gasteiger partial charge in [-0.15, -0.1) is 6.58 Å². The molecule has 0 aromatic heterocycles. The average molecular weight is 287 g/mol. The zero-order valence-corrected chi connectivity index (χ0v) is 13.0. The highest BCUT2D eigenvalue weighted by Crippen LogP contribution is 2.29. The summed E-state index contributed by atoms with van der Waals surface area (Å²) in [5, 5.41) is 0. The van der Waals surface area contributed by atoms with Crippen LogP contribution in [0.25, 0.3) is 0 Å². The summed E-state index contributed by atoms with van der Waals surface area (Å²) in [6.07, 6.45) is 2.43. The Balaban J connectivity index is 1.96. The fraction of sp³-hybridized carbons (Fsp3) is 0.500. The molecule has 0 N–H and O–H groups in total. The van der Waals surface area contributed by atoms with Gasteiger partial charge in [0.1, 0.15) is 0 Å². The van der Waals surface area contributed by atoms with E-state index in [-0.39, 0.29) is 11.9 Å². The standard InChI is InChI=1S/C18H25NO2/c1-4-10-19-17(15(3)14(2)11-18(19)20)13-21-12-16-8-6-5-7-9-16/h4-9,14-15,17H,1,10-13H2,2-3H3. The van der Waals surface area contributed by atoms with Crippen LogP contribution in [0.15, 0.2) is 43.0 Å². The number of carbonyl (C=O) groups excluding carboxylic acids is 1. The smallest absolute Gasteiger partial charge is 0.223 e. The predicted molar refractivity (Wildman–Crippen MR) is 84.7 cm³/mol. The van der Waals surface area contributed by atoms with E-state index in [2.05, 4.69) is 32.6 Å². The Morgan fingerprint density at radius 2 is 2.05 bits per heavy atom. The molecule has 3 nitrogen and oxygen atoms in total. The van der Waals surface area contributed by atoms with Crippen LogP contribution in [0.2, 0.25) is 0 Å². The van der Waals surface area contributed by atoms with Crippen LogP contribution in [0.1, 0.15) is 25.8 Å². The number of ether oxygens (including phenoxy) is 1. The van der Waals surface area contributed by atoms with Gasteiger partial charge in [0.05, 0.1) is 19.3 Å². The van der Waals surface area contributed by atoms with Crippen LogP contribution < -0.4 is 0 Å². The van der Waals surface area contributed by atoms with Crippen LogP contribution in [0.4, 0.5) is 0 Å². The third kappa shape index (κ3) is 3.94. The highest BCUT2D eigenvalue weighted by molar-refractivity contribution is 5.78. The van der Waals surface area contributed by atoms with Crippen molar-refractivity contribution in [3.63, 3.8) is 0 Å². The number of benzene rings is 1. The lowest BCUT2D eigenvalue weighted by Gasteiger charge is -2.42. The van der Waals surface area contributed by atoms with Crippen molar-refractivity contribution in [3.05, 3.63) is 48.6 Å². The van der Waals surface area contributed by atoms with E-state index in [9.17, 15) is 4.79 Å². The van der Waals surface area contributed by atoms with Gasteiger partial charge >= 0.3 is 0 Å². The summed E-state index contributed by atoms with van der Waals surface area (Å²) in [5.41, 5.74) is 1.16. The monoisotopic (exact) mass is 287 g/mol. The molecule has 1 aliphatic rings. The van der Waals surface area contributed by atoms with Crippen molar-refractivity contribution in [3.8, 4) is 0 Å². The number of nitrogens with zero attached hydrogens (tertiary/aromatic N) is 1. The highest BCUT2D eigenvalue weighted by atomic mass is 16.5. The molecule has 0 saturated carbocycles. The molecule has 1 aliphatic heterocycles. The van der Waals surface area contributed by atoms with Crippen LogP contribution in [-0.4, -0.2) is 30.0 Å². The summed E-state index contributed by atoms with van der Waals surface area (Å²) < 4.78 is 5.87. The van der Waals surface area contributed by atoms with Gasteiger partial charge in [-0.25, -0.2) is 0 Å². The van der Waals surface area contributed by atoms with Gasteiger partial charge in [0.25, 0.3) is 0 Å². The molecule has 3 atom stereocenters. The van der Waals surface area contributed by atoms with Gasteiger partial charge in [0, 0.05) is 13.0 Å². The van der Waals surface area contributed by atoms with Gasteiger partial charge < -0.3 is 9.64 Å². The quantitative estimate of drug-likeness (QED) is 0.752.